The molecular weight excluding hydrogens is 334 g/mol. The maximum Gasteiger partial charge on any atom is 0.0953 e. The Morgan fingerprint density at radius 2 is 2.04 bits per heavy atom. The van der Waals surface area contributed by atoms with Crippen LogP contribution in [0.5, 0.6) is 0 Å². The molecule has 0 saturated heterocycles. The first-order chi connectivity index (χ1) is 13.0. The van der Waals surface area contributed by atoms with Crippen LogP contribution in [0.4, 0.5) is 5.69 Å². The number of nitrogens with zero attached hydrogens (tertiary/aromatic N) is 5. The van der Waals surface area contributed by atoms with Crippen LogP contribution in [0.3, 0.4) is 0 Å². The standard InChI is InChI=1S/C22H29N5/c1-6-26-10-9-19-12-18(7-8-21(19)26)22-13-23-14-27(22)15(2)11-20-16(3)24-25(5)17(20)4/h7-8,12-15H,6,9-11H2,1-5H3/t15-/m0/s1. The summed E-state index contributed by atoms with van der Waals surface area (Å²) in [6.07, 6.45) is 6.05. The van der Waals surface area contributed by atoms with Crippen LogP contribution in [-0.2, 0) is 19.9 Å². The zero-order valence-corrected chi connectivity index (χ0v) is 17.0. The number of hydrogen-bond acceptors (Lipinski definition) is 3. The first kappa shape index (κ1) is 17.8. The average molecular weight is 364 g/mol. The maximum absolute atomic E-state index is 4.57. The van der Waals surface area contributed by atoms with Crippen molar-refractivity contribution >= 4 is 5.69 Å². The molecule has 2 aromatic heterocycles. The molecule has 4 rings (SSSR count). The molecule has 3 heterocycles. The highest BCUT2D eigenvalue weighted by atomic mass is 15.3. The van der Waals surface area contributed by atoms with E-state index in [0.717, 1.165) is 31.6 Å². The van der Waals surface area contributed by atoms with Gasteiger partial charge in [0.05, 0.1) is 23.9 Å². The Balaban J connectivity index is 1.63. The lowest BCUT2D eigenvalue weighted by Gasteiger charge is -2.19. The molecule has 1 aromatic carbocycles. The summed E-state index contributed by atoms with van der Waals surface area (Å²) in [5, 5.41) is 4.57. The summed E-state index contributed by atoms with van der Waals surface area (Å²) in [5.74, 6) is 0. The predicted octanol–water partition coefficient (Wildman–Crippen LogP) is 4.09. The van der Waals surface area contributed by atoms with Crippen molar-refractivity contribution in [2.75, 3.05) is 18.0 Å². The lowest BCUT2D eigenvalue weighted by Crippen LogP contribution is -2.18. The summed E-state index contributed by atoms with van der Waals surface area (Å²) >= 11 is 0. The second-order valence-corrected chi connectivity index (χ2v) is 7.69. The van der Waals surface area contributed by atoms with Crippen molar-refractivity contribution in [3.63, 3.8) is 0 Å². The maximum atomic E-state index is 4.57. The van der Waals surface area contributed by atoms with Crippen LogP contribution in [0.25, 0.3) is 11.3 Å². The molecule has 27 heavy (non-hydrogen) atoms. The van der Waals surface area contributed by atoms with Gasteiger partial charge in [-0.3, -0.25) is 4.68 Å². The number of benzene rings is 1. The van der Waals surface area contributed by atoms with Gasteiger partial charge < -0.3 is 9.47 Å². The van der Waals surface area contributed by atoms with E-state index in [-0.39, 0.29) is 0 Å². The van der Waals surface area contributed by atoms with E-state index in [0.29, 0.717) is 6.04 Å². The summed E-state index contributed by atoms with van der Waals surface area (Å²) in [6, 6.07) is 7.20. The Morgan fingerprint density at radius 3 is 2.74 bits per heavy atom. The molecule has 1 aliphatic heterocycles. The zero-order valence-electron chi connectivity index (χ0n) is 17.0. The van der Waals surface area contributed by atoms with Crippen molar-refractivity contribution in [2.24, 2.45) is 7.05 Å². The van der Waals surface area contributed by atoms with E-state index in [2.05, 4.69) is 65.4 Å². The number of aryl methyl sites for hydroxylation is 2. The highest BCUT2D eigenvalue weighted by molar-refractivity contribution is 5.68. The van der Waals surface area contributed by atoms with Gasteiger partial charge in [0.1, 0.15) is 0 Å². The molecule has 0 spiro atoms. The van der Waals surface area contributed by atoms with E-state index in [1.807, 2.05) is 24.3 Å². The van der Waals surface area contributed by atoms with Gasteiger partial charge in [0.15, 0.2) is 0 Å². The Hall–Kier alpha value is -2.56. The van der Waals surface area contributed by atoms with E-state index in [1.54, 1.807) is 0 Å². The number of imidazole rings is 1. The summed E-state index contributed by atoms with van der Waals surface area (Å²) < 4.78 is 4.28. The number of fused-ring (bicyclic) bond motifs is 1. The Kier molecular flexibility index (Phi) is 4.54. The van der Waals surface area contributed by atoms with Gasteiger partial charge in [0.25, 0.3) is 0 Å². The molecule has 0 saturated carbocycles. The highest BCUT2D eigenvalue weighted by Gasteiger charge is 2.20. The number of anilines is 1. The van der Waals surface area contributed by atoms with Crippen molar-refractivity contribution in [2.45, 2.75) is 46.6 Å². The Morgan fingerprint density at radius 1 is 1.22 bits per heavy atom. The molecule has 0 radical (unpaired) electrons. The van der Waals surface area contributed by atoms with E-state index < -0.39 is 0 Å². The highest BCUT2D eigenvalue weighted by Crippen LogP contribution is 2.33. The van der Waals surface area contributed by atoms with E-state index >= 15 is 0 Å². The van der Waals surface area contributed by atoms with Gasteiger partial charge in [0.2, 0.25) is 0 Å². The molecule has 1 atom stereocenters. The van der Waals surface area contributed by atoms with Gasteiger partial charge >= 0.3 is 0 Å². The Bertz CT molecular complexity index is 965. The van der Waals surface area contributed by atoms with Gasteiger partial charge in [-0.15, -0.1) is 0 Å². The molecule has 142 valence electrons. The van der Waals surface area contributed by atoms with Crippen LogP contribution in [0.15, 0.2) is 30.7 Å². The Labute approximate surface area is 161 Å². The third-order valence-electron chi connectivity index (χ3n) is 6.05. The van der Waals surface area contributed by atoms with Crippen molar-refractivity contribution in [3.8, 4) is 11.3 Å². The van der Waals surface area contributed by atoms with Gasteiger partial charge in [-0.2, -0.15) is 5.10 Å². The van der Waals surface area contributed by atoms with Crippen molar-refractivity contribution in [3.05, 3.63) is 53.2 Å². The summed E-state index contributed by atoms with van der Waals surface area (Å²) in [4.78, 5) is 6.92. The molecule has 5 nitrogen and oxygen atoms in total. The van der Waals surface area contributed by atoms with Crippen molar-refractivity contribution in [1.82, 2.24) is 19.3 Å². The summed E-state index contributed by atoms with van der Waals surface area (Å²) in [6.45, 7) is 10.9. The fraction of sp³-hybridized carbons (Fsp3) is 0.455. The number of aromatic nitrogens is 4. The molecule has 0 amide bonds. The van der Waals surface area contributed by atoms with Crippen LogP contribution in [-0.4, -0.2) is 32.4 Å². The molecule has 0 N–H and O–H groups in total. The monoisotopic (exact) mass is 363 g/mol. The molecule has 5 heteroatoms. The van der Waals surface area contributed by atoms with Crippen LogP contribution in [0.1, 0.15) is 42.4 Å². The molecular formula is C22H29N5. The minimum Gasteiger partial charge on any atom is -0.371 e. The van der Waals surface area contributed by atoms with Crippen LogP contribution in [0, 0.1) is 13.8 Å². The van der Waals surface area contributed by atoms with Gasteiger partial charge in [-0.25, -0.2) is 4.98 Å². The first-order valence-electron chi connectivity index (χ1n) is 9.88. The fourth-order valence-electron chi connectivity index (χ4n) is 4.34. The van der Waals surface area contributed by atoms with E-state index in [4.69, 9.17) is 0 Å². The number of rotatable bonds is 5. The molecule has 0 unspecified atom stereocenters. The third-order valence-corrected chi connectivity index (χ3v) is 6.05. The van der Waals surface area contributed by atoms with Crippen molar-refractivity contribution in [1.29, 1.82) is 0 Å². The third kappa shape index (κ3) is 3.05. The number of likely N-dealkylation sites (N-methyl/N-ethyl adjacent to an activating group) is 1. The zero-order chi connectivity index (χ0) is 19.1. The largest absolute Gasteiger partial charge is 0.371 e. The van der Waals surface area contributed by atoms with Crippen molar-refractivity contribution < 1.29 is 0 Å². The second kappa shape index (κ2) is 6.87. The second-order valence-electron chi connectivity index (χ2n) is 7.69. The lowest BCUT2D eigenvalue weighted by molar-refractivity contribution is 0.546. The SMILES string of the molecule is CCN1CCc2cc(-c3cncn3[C@@H](C)Cc3c(C)nn(C)c3C)ccc21. The molecule has 1 aliphatic rings. The number of hydrogen-bond donors (Lipinski definition) is 0. The van der Waals surface area contributed by atoms with Crippen LogP contribution in [0.2, 0.25) is 0 Å². The molecule has 3 aromatic rings. The first-order valence-corrected chi connectivity index (χ1v) is 9.88. The summed E-state index contributed by atoms with van der Waals surface area (Å²) in [5.41, 5.74) is 9.02. The van der Waals surface area contributed by atoms with Crippen LogP contribution >= 0.6 is 0 Å². The van der Waals surface area contributed by atoms with E-state index in [1.165, 1.54) is 33.8 Å². The van der Waals surface area contributed by atoms with Gasteiger partial charge in [-0.1, -0.05) is 6.07 Å². The van der Waals surface area contributed by atoms with Gasteiger partial charge in [-0.05, 0) is 63.8 Å². The molecule has 0 aliphatic carbocycles. The quantitative estimate of drug-likeness (QED) is 0.685. The normalized spacial score (nSPS) is 14.6. The lowest BCUT2D eigenvalue weighted by atomic mass is 10.0. The molecule has 0 bridgehead atoms. The minimum atomic E-state index is 0.324. The fourth-order valence-corrected chi connectivity index (χ4v) is 4.34. The predicted molar refractivity (Wildman–Crippen MR) is 110 cm³/mol. The van der Waals surface area contributed by atoms with Crippen LogP contribution < -0.4 is 4.90 Å². The van der Waals surface area contributed by atoms with E-state index in [9.17, 15) is 0 Å². The molecule has 0 fully saturated rings. The average Bonchev–Trinajstić information content (AvgIpc) is 3.35. The van der Waals surface area contributed by atoms with Gasteiger partial charge in [0, 0.05) is 43.1 Å². The topological polar surface area (TPSA) is 38.9 Å². The summed E-state index contributed by atoms with van der Waals surface area (Å²) in [7, 11) is 2.02. The smallest absolute Gasteiger partial charge is 0.0953 e. The minimum absolute atomic E-state index is 0.324.